The molecular weight excluding hydrogens is 187 g/mol. The summed E-state index contributed by atoms with van der Waals surface area (Å²) >= 11 is 0.998. The molecular formula is C4H7O3Zr. The van der Waals surface area contributed by atoms with E-state index in [0.29, 0.717) is 0 Å². The number of hydrogen-bond acceptors (Lipinski definition) is 2. The Bertz CT molecular complexity index is 69.3. The zero-order valence-electron chi connectivity index (χ0n) is 4.76. The molecule has 3 nitrogen and oxygen atoms in total. The molecule has 0 heterocycles. The third-order valence-corrected chi connectivity index (χ3v) is 0. The maximum atomic E-state index is 9.48. The van der Waals surface area contributed by atoms with Crippen LogP contribution in [0.25, 0.3) is 0 Å². The van der Waals surface area contributed by atoms with Gasteiger partial charge >= 0.3 is 39.9 Å². The van der Waals surface area contributed by atoms with Gasteiger partial charge in [0.1, 0.15) is 0 Å². The van der Waals surface area contributed by atoms with E-state index in [9.17, 15) is 4.79 Å². The molecule has 0 bridgehead atoms. The standard InChI is InChI=1S/C2H4O2.C2H3O.Zr/c1-2(3)4;1-2-3;/h1H3,(H,3,4);1H3;. The second kappa shape index (κ2) is 7.02. The number of carboxylic acid groups (broad SMARTS) is 1. The van der Waals surface area contributed by atoms with Crippen LogP contribution in [0.15, 0.2) is 0 Å². The van der Waals surface area contributed by atoms with Crippen LogP contribution in [0.3, 0.4) is 0 Å². The quantitative estimate of drug-likeness (QED) is 0.598. The molecule has 0 atom stereocenters. The average Bonchev–Trinajstić information content (AvgIpc) is 1.25. The Kier molecular flexibility index (Phi) is 9.58. The van der Waals surface area contributed by atoms with Gasteiger partial charge in [0.25, 0.3) is 5.97 Å². The van der Waals surface area contributed by atoms with Crippen molar-refractivity contribution in [1.29, 1.82) is 0 Å². The molecule has 0 saturated heterocycles. The van der Waals surface area contributed by atoms with Crippen molar-refractivity contribution in [2.24, 2.45) is 0 Å². The normalized spacial score (nSPS) is 6.12. The monoisotopic (exact) mass is 193 g/mol. The molecule has 0 aliphatic carbocycles. The van der Waals surface area contributed by atoms with Gasteiger partial charge in [-0.3, -0.25) is 4.79 Å². The molecule has 0 saturated carbocycles. The fourth-order valence-corrected chi connectivity index (χ4v) is 0. The Hall–Kier alpha value is 0.0231. The van der Waals surface area contributed by atoms with Crippen LogP contribution in [0, 0.1) is 0 Å². The van der Waals surface area contributed by atoms with E-state index in [1.54, 1.807) is 6.92 Å². The first-order valence-electron chi connectivity index (χ1n) is 1.88. The molecule has 1 N–H and O–H groups in total. The van der Waals surface area contributed by atoms with E-state index in [4.69, 9.17) is 9.90 Å². The molecule has 0 amide bonds. The molecule has 0 radical (unpaired) electrons. The van der Waals surface area contributed by atoms with Gasteiger partial charge in [-0.05, 0) is 0 Å². The minimum absolute atomic E-state index is 0.257. The van der Waals surface area contributed by atoms with E-state index < -0.39 is 5.97 Å². The van der Waals surface area contributed by atoms with Gasteiger partial charge in [0.05, 0.1) is 0 Å². The van der Waals surface area contributed by atoms with Crippen molar-refractivity contribution in [2.75, 3.05) is 0 Å². The van der Waals surface area contributed by atoms with Crippen molar-refractivity contribution in [2.45, 2.75) is 13.8 Å². The van der Waals surface area contributed by atoms with E-state index in [-0.39, 0.29) is 3.49 Å². The fourth-order valence-electron chi connectivity index (χ4n) is 0. The summed E-state index contributed by atoms with van der Waals surface area (Å²) in [5.74, 6) is -0.833. The Morgan fingerprint density at radius 1 is 1.38 bits per heavy atom. The average molecular weight is 194 g/mol. The van der Waals surface area contributed by atoms with Crippen molar-refractivity contribution < 1.29 is 39.4 Å². The van der Waals surface area contributed by atoms with Crippen molar-refractivity contribution in [3.63, 3.8) is 0 Å². The Morgan fingerprint density at radius 2 is 1.38 bits per heavy atom. The number of aliphatic carboxylic acids is 1. The maximum absolute atomic E-state index is 9.48. The van der Waals surface area contributed by atoms with Gasteiger partial charge in [0.2, 0.25) is 0 Å². The molecule has 0 spiro atoms. The number of carbonyl (C=O) groups is 2. The minimum atomic E-state index is -0.833. The van der Waals surface area contributed by atoms with Crippen molar-refractivity contribution in [3.8, 4) is 0 Å². The Morgan fingerprint density at radius 3 is 1.38 bits per heavy atom. The van der Waals surface area contributed by atoms with E-state index in [0.717, 1.165) is 31.6 Å². The zero-order chi connectivity index (χ0) is 7.15. The molecule has 45 valence electrons. The SMILES string of the molecule is CC(=O)O.C[C](=O)[Zr]. The summed E-state index contributed by atoms with van der Waals surface area (Å²) in [6.45, 7) is 2.65. The van der Waals surface area contributed by atoms with E-state index in [1.165, 1.54) is 0 Å². The van der Waals surface area contributed by atoms with Crippen LogP contribution in [-0.2, 0) is 34.3 Å². The molecule has 4 heteroatoms. The molecule has 8 heavy (non-hydrogen) atoms. The zero-order valence-corrected chi connectivity index (χ0v) is 7.22. The number of rotatable bonds is 0. The third-order valence-electron chi connectivity index (χ3n) is 0. The van der Waals surface area contributed by atoms with Gasteiger partial charge in [-0.2, -0.15) is 0 Å². The second-order valence-corrected chi connectivity index (χ2v) is 2.81. The van der Waals surface area contributed by atoms with Crippen LogP contribution in [-0.4, -0.2) is 14.6 Å². The first-order chi connectivity index (χ1) is 3.46. The molecule has 0 aliphatic rings. The van der Waals surface area contributed by atoms with Gasteiger partial charge in [-0.15, -0.1) is 0 Å². The number of carboxylic acids is 1. The fraction of sp³-hybridized carbons (Fsp3) is 0.500. The van der Waals surface area contributed by atoms with Crippen LogP contribution < -0.4 is 0 Å². The second-order valence-electron chi connectivity index (χ2n) is 1.08. The van der Waals surface area contributed by atoms with Gasteiger partial charge in [0, 0.05) is 6.92 Å². The summed E-state index contributed by atoms with van der Waals surface area (Å²) in [6.07, 6.45) is 0. The summed E-state index contributed by atoms with van der Waals surface area (Å²) in [6, 6.07) is 0. The van der Waals surface area contributed by atoms with Gasteiger partial charge in [-0.25, -0.2) is 0 Å². The number of hydrogen-bond donors (Lipinski definition) is 1. The summed E-state index contributed by atoms with van der Waals surface area (Å²) in [7, 11) is 0. The summed E-state index contributed by atoms with van der Waals surface area (Å²) in [5.41, 5.74) is 0. The van der Waals surface area contributed by atoms with E-state index in [2.05, 4.69) is 0 Å². The molecule has 0 fully saturated rings. The summed E-state index contributed by atoms with van der Waals surface area (Å²) < 4.78 is 0.257. The van der Waals surface area contributed by atoms with Gasteiger partial charge in [-0.1, -0.05) is 0 Å². The van der Waals surface area contributed by atoms with Crippen molar-refractivity contribution >= 4 is 9.46 Å². The van der Waals surface area contributed by atoms with E-state index >= 15 is 0 Å². The van der Waals surface area contributed by atoms with Gasteiger partial charge < -0.3 is 5.11 Å². The van der Waals surface area contributed by atoms with Gasteiger partial charge in [0.15, 0.2) is 0 Å². The topological polar surface area (TPSA) is 54.4 Å². The van der Waals surface area contributed by atoms with Crippen LogP contribution >= 0.6 is 0 Å². The molecule has 0 unspecified atom stereocenters. The van der Waals surface area contributed by atoms with E-state index in [1.807, 2.05) is 0 Å². The van der Waals surface area contributed by atoms with Crippen LogP contribution in [0.5, 0.6) is 0 Å². The first-order valence-corrected chi connectivity index (χ1v) is 3.11. The van der Waals surface area contributed by atoms with Crippen LogP contribution in [0.4, 0.5) is 0 Å². The Balaban J connectivity index is 0. The number of carbonyl (C=O) groups excluding carboxylic acids is 1. The third kappa shape index (κ3) is 284000. The first kappa shape index (κ1) is 10.9. The van der Waals surface area contributed by atoms with Crippen molar-refractivity contribution in [3.05, 3.63) is 0 Å². The van der Waals surface area contributed by atoms with Crippen LogP contribution in [0.1, 0.15) is 13.8 Å². The molecule has 0 aromatic carbocycles. The predicted molar refractivity (Wildman–Crippen MR) is 24.0 cm³/mol. The summed E-state index contributed by atoms with van der Waals surface area (Å²) in [4.78, 5) is 18.5. The summed E-state index contributed by atoms with van der Waals surface area (Å²) in [5, 5.41) is 7.42. The predicted octanol–water partition coefficient (Wildman–Crippen LogP) is 0.171. The molecule has 0 aromatic rings. The molecule has 0 aromatic heterocycles. The van der Waals surface area contributed by atoms with Crippen molar-refractivity contribution in [1.82, 2.24) is 0 Å². The molecule has 0 rings (SSSR count). The Labute approximate surface area is 62.9 Å². The van der Waals surface area contributed by atoms with Crippen LogP contribution in [0.2, 0.25) is 0 Å². The molecule has 0 aliphatic heterocycles.